The van der Waals surface area contributed by atoms with Crippen LogP contribution >= 0.6 is 0 Å². The Labute approximate surface area is 127 Å². The van der Waals surface area contributed by atoms with E-state index in [0.29, 0.717) is 16.9 Å². The van der Waals surface area contributed by atoms with E-state index in [0.717, 1.165) is 0 Å². The van der Waals surface area contributed by atoms with E-state index in [1.165, 1.54) is 0 Å². The van der Waals surface area contributed by atoms with E-state index >= 15 is 0 Å². The summed E-state index contributed by atoms with van der Waals surface area (Å²) in [7, 11) is 0. The molecular weight excluding hydrogens is 282 g/mol. The Morgan fingerprint density at radius 3 is 2.32 bits per heavy atom. The van der Waals surface area contributed by atoms with Gasteiger partial charge in [0.05, 0.1) is 11.6 Å². The lowest BCUT2D eigenvalue weighted by atomic mass is 10.2. The Balaban J connectivity index is 1.76. The molecule has 0 heterocycles. The maximum Gasteiger partial charge on any atom is 0.276 e. The van der Waals surface area contributed by atoms with Gasteiger partial charge in [-0.15, -0.1) is 0 Å². The van der Waals surface area contributed by atoms with Crippen molar-refractivity contribution in [1.82, 2.24) is 10.9 Å². The molecule has 110 valence electrons. The Bertz CT molecular complexity index is 691. The van der Waals surface area contributed by atoms with E-state index in [-0.39, 0.29) is 6.61 Å². The first-order chi connectivity index (χ1) is 10.7. The fourth-order valence-corrected chi connectivity index (χ4v) is 1.60. The van der Waals surface area contributed by atoms with E-state index in [4.69, 9.17) is 10.00 Å². The van der Waals surface area contributed by atoms with Crippen LogP contribution in [0.5, 0.6) is 5.75 Å². The minimum absolute atomic E-state index is 0.249. The number of nitriles is 1. The summed E-state index contributed by atoms with van der Waals surface area (Å²) in [5.41, 5.74) is 5.50. The second-order valence-corrected chi connectivity index (χ2v) is 4.29. The molecule has 0 aliphatic rings. The van der Waals surface area contributed by atoms with Gasteiger partial charge in [0.25, 0.3) is 11.8 Å². The third-order valence-corrected chi connectivity index (χ3v) is 2.70. The van der Waals surface area contributed by atoms with Crippen molar-refractivity contribution in [1.29, 1.82) is 5.26 Å². The minimum atomic E-state index is -0.492. The van der Waals surface area contributed by atoms with Crippen LogP contribution < -0.4 is 15.6 Å². The molecule has 0 unspecified atom stereocenters. The van der Waals surface area contributed by atoms with Gasteiger partial charge in [-0.05, 0) is 36.4 Å². The molecular formula is C16H13N3O3. The topological polar surface area (TPSA) is 91.2 Å². The molecule has 2 amide bonds. The normalized spacial score (nSPS) is 9.41. The summed E-state index contributed by atoms with van der Waals surface area (Å²) in [4.78, 5) is 23.3. The van der Waals surface area contributed by atoms with Crippen molar-refractivity contribution in [3.63, 3.8) is 0 Å². The highest BCUT2D eigenvalue weighted by molar-refractivity contribution is 5.95. The summed E-state index contributed by atoms with van der Waals surface area (Å²) < 4.78 is 5.23. The standard InChI is InChI=1S/C16H13N3O3/c17-10-12-6-8-14(9-7-12)22-11-15(20)18-19-16(21)13-4-2-1-3-5-13/h1-9H,11H2,(H,18,20)(H,19,21). The summed E-state index contributed by atoms with van der Waals surface area (Å²) in [6, 6.07) is 16.9. The zero-order valence-corrected chi connectivity index (χ0v) is 11.6. The van der Waals surface area contributed by atoms with Gasteiger partial charge in [-0.1, -0.05) is 18.2 Å². The van der Waals surface area contributed by atoms with Crippen molar-refractivity contribution in [2.24, 2.45) is 0 Å². The molecule has 2 aromatic rings. The van der Waals surface area contributed by atoms with Crippen LogP contribution in [0.3, 0.4) is 0 Å². The van der Waals surface area contributed by atoms with Gasteiger partial charge in [0, 0.05) is 5.56 Å². The zero-order valence-electron chi connectivity index (χ0n) is 11.6. The Hall–Kier alpha value is -3.33. The number of carbonyl (C=O) groups is 2. The highest BCUT2D eigenvalue weighted by Crippen LogP contribution is 2.11. The average Bonchev–Trinajstić information content (AvgIpc) is 2.59. The third-order valence-electron chi connectivity index (χ3n) is 2.70. The van der Waals surface area contributed by atoms with Gasteiger partial charge in [0.15, 0.2) is 6.61 Å². The van der Waals surface area contributed by atoms with Gasteiger partial charge in [0.1, 0.15) is 5.75 Å². The molecule has 0 aromatic heterocycles. The number of carbonyl (C=O) groups excluding carboxylic acids is 2. The van der Waals surface area contributed by atoms with E-state index in [1.54, 1.807) is 54.6 Å². The average molecular weight is 295 g/mol. The van der Waals surface area contributed by atoms with Gasteiger partial charge < -0.3 is 4.74 Å². The second kappa shape index (κ2) is 7.45. The lowest BCUT2D eigenvalue weighted by Gasteiger charge is -2.08. The number of hydrogen-bond acceptors (Lipinski definition) is 4. The van der Waals surface area contributed by atoms with Crippen LogP contribution in [0.25, 0.3) is 0 Å². The number of benzene rings is 2. The first-order valence-electron chi connectivity index (χ1n) is 6.46. The molecule has 2 N–H and O–H groups in total. The van der Waals surface area contributed by atoms with Crippen LogP contribution in [0.2, 0.25) is 0 Å². The van der Waals surface area contributed by atoms with Crippen molar-refractivity contribution in [2.75, 3.05) is 6.61 Å². The Kier molecular flexibility index (Phi) is 5.10. The molecule has 0 bridgehead atoms. The Morgan fingerprint density at radius 1 is 1.00 bits per heavy atom. The number of ether oxygens (including phenoxy) is 1. The molecule has 6 heteroatoms. The molecule has 0 saturated heterocycles. The van der Waals surface area contributed by atoms with E-state index < -0.39 is 11.8 Å². The summed E-state index contributed by atoms with van der Waals surface area (Å²) in [5.74, 6) is -0.440. The zero-order chi connectivity index (χ0) is 15.8. The van der Waals surface area contributed by atoms with E-state index in [9.17, 15) is 9.59 Å². The summed E-state index contributed by atoms with van der Waals surface area (Å²) in [6.07, 6.45) is 0. The molecule has 6 nitrogen and oxygen atoms in total. The Morgan fingerprint density at radius 2 is 1.68 bits per heavy atom. The van der Waals surface area contributed by atoms with Crippen molar-refractivity contribution in [3.8, 4) is 11.8 Å². The molecule has 0 fully saturated rings. The highest BCUT2D eigenvalue weighted by Gasteiger charge is 2.07. The molecule has 0 radical (unpaired) electrons. The van der Waals surface area contributed by atoms with Gasteiger partial charge in [-0.3, -0.25) is 20.4 Å². The number of hydrogen-bond donors (Lipinski definition) is 2. The number of hydrazine groups is 1. The van der Waals surface area contributed by atoms with Crippen molar-refractivity contribution in [3.05, 3.63) is 65.7 Å². The monoisotopic (exact) mass is 295 g/mol. The third kappa shape index (κ3) is 4.35. The molecule has 0 spiro atoms. The number of nitrogens with zero attached hydrogens (tertiary/aromatic N) is 1. The van der Waals surface area contributed by atoms with Gasteiger partial charge >= 0.3 is 0 Å². The van der Waals surface area contributed by atoms with Crippen LogP contribution in [0.15, 0.2) is 54.6 Å². The molecule has 0 aliphatic carbocycles. The van der Waals surface area contributed by atoms with Crippen LogP contribution in [0, 0.1) is 11.3 Å². The highest BCUT2D eigenvalue weighted by atomic mass is 16.5. The fraction of sp³-hybridized carbons (Fsp3) is 0.0625. The second-order valence-electron chi connectivity index (χ2n) is 4.29. The number of nitrogens with one attached hydrogen (secondary N) is 2. The van der Waals surface area contributed by atoms with Crippen LogP contribution in [-0.4, -0.2) is 18.4 Å². The van der Waals surface area contributed by atoms with Crippen LogP contribution in [0.1, 0.15) is 15.9 Å². The van der Waals surface area contributed by atoms with Gasteiger partial charge in [0.2, 0.25) is 0 Å². The fourth-order valence-electron chi connectivity index (χ4n) is 1.60. The molecule has 22 heavy (non-hydrogen) atoms. The molecule has 0 saturated carbocycles. The van der Waals surface area contributed by atoms with Crippen LogP contribution in [0.4, 0.5) is 0 Å². The van der Waals surface area contributed by atoms with Crippen molar-refractivity contribution >= 4 is 11.8 Å². The smallest absolute Gasteiger partial charge is 0.276 e. The van der Waals surface area contributed by atoms with Crippen molar-refractivity contribution in [2.45, 2.75) is 0 Å². The van der Waals surface area contributed by atoms with Crippen LogP contribution in [-0.2, 0) is 4.79 Å². The van der Waals surface area contributed by atoms with E-state index in [1.807, 2.05) is 6.07 Å². The number of amides is 2. The lowest BCUT2D eigenvalue weighted by Crippen LogP contribution is -2.43. The number of rotatable bonds is 4. The maximum atomic E-state index is 11.7. The van der Waals surface area contributed by atoms with Crippen molar-refractivity contribution < 1.29 is 14.3 Å². The maximum absolute atomic E-state index is 11.7. The summed E-state index contributed by atoms with van der Waals surface area (Å²) >= 11 is 0. The molecule has 0 atom stereocenters. The molecule has 0 aliphatic heterocycles. The first-order valence-corrected chi connectivity index (χ1v) is 6.46. The SMILES string of the molecule is N#Cc1ccc(OCC(=O)NNC(=O)c2ccccc2)cc1. The predicted molar refractivity (Wildman–Crippen MR) is 78.7 cm³/mol. The van der Waals surface area contributed by atoms with Gasteiger partial charge in [-0.2, -0.15) is 5.26 Å². The predicted octanol–water partition coefficient (Wildman–Crippen LogP) is 1.40. The molecule has 2 rings (SSSR count). The largest absolute Gasteiger partial charge is 0.484 e. The quantitative estimate of drug-likeness (QED) is 0.834. The van der Waals surface area contributed by atoms with E-state index in [2.05, 4.69) is 10.9 Å². The lowest BCUT2D eigenvalue weighted by molar-refractivity contribution is -0.123. The molecule has 2 aromatic carbocycles. The summed E-state index contributed by atoms with van der Waals surface area (Å²) in [6.45, 7) is -0.249. The minimum Gasteiger partial charge on any atom is -0.484 e. The van der Waals surface area contributed by atoms with Gasteiger partial charge in [-0.25, -0.2) is 0 Å². The first kappa shape index (κ1) is 15.1. The summed E-state index contributed by atoms with van der Waals surface area (Å²) in [5, 5.41) is 8.67.